The van der Waals surface area contributed by atoms with Crippen LogP contribution in [0.1, 0.15) is 36.5 Å². The summed E-state index contributed by atoms with van der Waals surface area (Å²) in [6.45, 7) is 4.89. The van der Waals surface area contributed by atoms with E-state index in [-0.39, 0.29) is 22.1 Å². The van der Waals surface area contributed by atoms with Crippen molar-refractivity contribution in [2.45, 2.75) is 38.3 Å². The smallest absolute Gasteiger partial charge is 0.339 e. The van der Waals surface area contributed by atoms with Gasteiger partial charge in [-0.2, -0.15) is 8.42 Å². The molecule has 0 fully saturated rings. The van der Waals surface area contributed by atoms with Gasteiger partial charge in [-0.15, -0.1) is 0 Å². The van der Waals surface area contributed by atoms with Crippen molar-refractivity contribution in [3.05, 3.63) is 53.1 Å². The molecule has 0 atom stereocenters. The second-order valence-electron chi connectivity index (χ2n) is 5.84. The Bertz CT molecular complexity index is 812. The fourth-order valence-electron chi connectivity index (χ4n) is 2.31. The van der Waals surface area contributed by atoms with E-state index in [1.807, 2.05) is 20.8 Å². The first-order valence-electron chi connectivity index (χ1n) is 7.56. The molecule has 0 heterocycles. The van der Waals surface area contributed by atoms with Crippen LogP contribution in [0.5, 0.6) is 11.5 Å². The van der Waals surface area contributed by atoms with Gasteiger partial charge in [0.1, 0.15) is 23.1 Å². The molecule has 0 N–H and O–H groups in total. The summed E-state index contributed by atoms with van der Waals surface area (Å²) >= 11 is 0. The lowest BCUT2D eigenvalue weighted by atomic mass is 10.00. The maximum Gasteiger partial charge on any atom is 0.339 e. The lowest BCUT2D eigenvalue weighted by Gasteiger charge is -2.17. The summed E-state index contributed by atoms with van der Waals surface area (Å²) in [7, 11) is -2.55. The third-order valence-electron chi connectivity index (χ3n) is 3.69. The molecule has 0 aliphatic heterocycles. The largest absolute Gasteiger partial charge is 0.496 e. The molecule has 0 aliphatic carbocycles. The van der Waals surface area contributed by atoms with Gasteiger partial charge in [-0.3, -0.25) is 0 Å². The predicted molar refractivity (Wildman–Crippen MR) is 90.9 cm³/mol. The second kappa shape index (κ2) is 7.21. The van der Waals surface area contributed by atoms with Gasteiger partial charge in [-0.05, 0) is 37.1 Å². The molecule has 130 valence electrons. The standard InChI is InChI=1S/C18H21FO4S/c1-12(2)16-10-17(22-4)14(11-19)9-18(16)23-24(20,21)15-7-5-13(3)6-8-15/h5-10,12H,11H2,1-4H3. The van der Waals surface area contributed by atoms with Crippen LogP contribution in [-0.2, 0) is 16.8 Å². The minimum Gasteiger partial charge on any atom is -0.496 e. The van der Waals surface area contributed by atoms with Crippen LogP contribution in [0.3, 0.4) is 0 Å². The molecule has 0 saturated carbocycles. The summed E-state index contributed by atoms with van der Waals surface area (Å²) < 4.78 is 48.7. The molecular weight excluding hydrogens is 331 g/mol. The molecule has 0 unspecified atom stereocenters. The number of ether oxygens (including phenoxy) is 1. The van der Waals surface area contributed by atoms with Crippen LogP contribution in [0.15, 0.2) is 41.3 Å². The van der Waals surface area contributed by atoms with E-state index in [9.17, 15) is 12.8 Å². The number of methoxy groups -OCH3 is 1. The summed E-state index contributed by atoms with van der Waals surface area (Å²) in [6.07, 6.45) is 0. The van der Waals surface area contributed by atoms with E-state index in [1.54, 1.807) is 18.2 Å². The van der Waals surface area contributed by atoms with Gasteiger partial charge in [0, 0.05) is 11.1 Å². The Hall–Kier alpha value is -2.08. The van der Waals surface area contributed by atoms with Crippen molar-refractivity contribution in [2.24, 2.45) is 0 Å². The second-order valence-corrected chi connectivity index (χ2v) is 7.39. The number of alkyl halides is 1. The number of rotatable bonds is 6. The third-order valence-corrected chi connectivity index (χ3v) is 4.94. The normalized spacial score (nSPS) is 11.6. The van der Waals surface area contributed by atoms with Gasteiger partial charge in [0.25, 0.3) is 0 Å². The van der Waals surface area contributed by atoms with E-state index in [4.69, 9.17) is 8.92 Å². The lowest BCUT2D eigenvalue weighted by molar-refractivity contribution is 0.391. The summed E-state index contributed by atoms with van der Waals surface area (Å²) in [4.78, 5) is 0.0559. The van der Waals surface area contributed by atoms with Crippen LogP contribution >= 0.6 is 0 Å². The number of aryl methyl sites for hydroxylation is 1. The van der Waals surface area contributed by atoms with Gasteiger partial charge in [0.05, 0.1) is 7.11 Å². The minimum atomic E-state index is -3.99. The van der Waals surface area contributed by atoms with Crippen molar-refractivity contribution in [2.75, 3.05) is 7.11 Å². The van der Waals surface area contributed by atoms with Crippen LogP contribution in [0.25, 0.3) is 0 Å². The molecule has 24 heavy (non-hydrogen) atoms. The quantitative estimate of drug-likeness (QED) is 0.725. The maximum atomic E-state index is 13.2. The highest BCUT2D eigenvalue weighted by molar-refractivity contribution is 7.87. The molecule has 2 aromatic rings. The van der Waals surface area contributed by atoms with Gasteiger partial charge in [-0.25, -0.2) is 4.39 Å². The molecule has 0 aliphatic rings. The zero-order valence-corrected chi connectivity index (χ0v) is 15.0. The van der Waals surface area contributed by atoms with E-state index < -0.39 is 16.8 Å². The van der Waals surface area contributed by atoms with E-state index in [1.165, 1.54) is 25.3 Å². The molecule has 4 nitrogen and oxygen atoms in total. The highest BCUT2D eigenvalue weighted by atomic mass is 32.2. The summed E-state index contributed by atoms with van der Waals surface area (Å²) in [6, 6.07) is 9.37. The first kappa shape index (κ1) is 18.3. The van der Waals surface area contributed by atoms with Crippen LogP contribution in [0.4, 0.5) is 4.39 Å². The van der Waals surface area contributed by atoms with E-state index in [0.717, 1.165) is 5.56 Å². The average Bonchev–Trinajstić information content (AvgIpc) is 2.54. The number of hydrogen-bond donors (Lipinski definition) is 0. The van der Waals surface area contributed by atoms with Gasteiger partial charge in [0.15, 0.2) is 0 Å². The topological polar surface area (TPSA) is 52.6 Å². The molecule has 0 aromatic heterocycles. The summed E-state index contributed by atoms with van der Waals surface area (Å²) in [5.41, 5.74) is 1.83. The Morgan fingerprint density at radius 2 is 1.71 bits per heavy atom. The number of halogens is 1. The highest BCUT2D eigenvalue weighted by Crippen LogP contribution is 2.35. The van der Waals surface area contributed by atoms with Crippen molar-refractivity contribution in [3.8, 4) is 11.5 Å². The third kappa shape index (κ3) is 3.87. The Morgan fingerprint density at radius 3 is 2.21 bits per heavy atom. The summed E-state index contributed by atoms with van der Waals surface area (Å²) in [5.74, 6) is 0.482. The monoisotopic (exact) mass is 352 g/mol. The first-order valence-corrected chi connectivity index (χ1v) is 8.97. The minimum absolute atomic E-state index is 0.0178. The number of benzene rings is 2. The van der Waals surface area contributed by atoms with Crippen LogP contribution in [0, 0.1) is 6.92 Å². The molecule has 0 amide bonds. The fraction of sp³-hybridized carbons (Fsp3) is 0.333. The molecule has 2 aromatic carbocycles. The zero-order chi connectivity index (χ0) is 17.9. The average molecular weight is 352 g/mol. The van der Waals surface area contributed by atoms with Crippen LogP contribution in [0.2, 0.25) is 0 Å². The van der Waals surface area contributed by atoms with Gasteiger partial charge in [0.2, 0.25) is 0 Å². The Balaban J connectivity index is 2.49. The molecular formula is C18H21FO4S. The van der Waals surface area contributed by atoms with Gasteiger partial charge in [-0.1, -0.05) is 31.5 Å². The summed E-state index contributed by atoms with van der Waals surface area (Å²) in [5, 5.41) is 0. The molecule has 0 bridgehead atoms. The Kier molecular flexibility index (Phi) is 5.49. The zero-order valence-electron chi connectivity index (χ0n) is 14.2. The molecule has 0 saturated heterocycles. The van der Waals surface area contributed by atoms with E-state index in [2.05, 4.69) is 0 Å². The Morgan fingerprint density at radius 1 is 1.08 bits per heavy atom. The van der Waals surface area contributed by atoms with Crippen molar-refractivity contribution in [3.63, 3.8) is 0 Å². The van der Waals surface area contributed by atoms with Crippen molar-refractivity contribution in [1.29, 1.82) is 0 Å². The SMILES string of the molecule is COc1cc(C(C)C)c(OS(=O)(=O)c2ccc(C)cc2)cc1CF. The van der Waals surface area contributed by atoms with Crippen molar-refractivity contribution < 1.29 is 21.7 Å². The predicted octanol–water partition coefficient (Wildman–Crippen LogP) is 4.36. The van der Waals surface area contributed by atoms with Gasteiger partial charge < -0.3 is 8.92 Å². The maximum absolute atomic E-state index is 13.2. The molecule has 0 radical (unpaired) electrons. The van der Waals surface area contributed by atoms with Crippen molar-refractivity contribution >= 4 is 10.1 Å². The molecule has 6 heteroatoms. The first-order chi connectivity index (χ1) is 11.3. The van der Waals surface area contributed by atoms with Crippen LogP contribution < -0.4 is 8.92 Å². The highest BCUT2D eigenvalue weighted by Gasteiger charge is 2.21. The van der Waals surface area contributed by atoms with Crippen LogP contribution in [-0.4, -0.2) is 15.5 Å². The van der Waals surface area contributed by atoms with E-state index >= 15 is 0 Å². The lowest BCUT2D eigenvalue weighted by Crippen LogP contribution is -2.12. The number of hydrogen-bond acceptors (Lipinski definition) is 4. The molecule has 2 rings (SSSR count). The van der Waals surface area contributed by atoms with E-state index in [0.29, 0.717) is 11.3 Å². The molecule has 0 spiro atoms. The van der Waals surface area contributed by atoms with Gasteiger partial charge >= 0.3 is 10.1 Å². The Labute approximate surface area is 142 Å². The fourth-order valence-corrected chi connectivity index (χ4v) is 3.25. The van der Waals surface area contributed by atoms with Crippen molar-refractivity contribution in [1.82, 2.24) is 0 Å².